The van der Waals surface area contributed by atoms with Gasteiger partial charge in [-0.25, -0.2) is 0 Å². The largest absolute Gasteiger partial charge is 0.467 e. The van der Waals surface area contributed by atoms with Crippen molar-refractivity contribution in [2.24, 2.45) is 0 Å². The molecule has 1 aliphatic heterocycles. The van der Waals surface area contributed by atoms with Crippen LogP contribution in [0.5, 0.6) is 0 Å². The fourth-order valence-corrected chi connectivity index (χ4v) is 3.57. The summed E-state index contributed by atoms with van der Waals surface area (Å²) >= 11 is 2.83. The van der Waals surface area contributed by atoms with Gasteiger partial charge in [0.2, 0.25) is 5.13 Å². The predicted octanol–water partition coefficient (Wildman–Crippen LogP) is 2.15. The number of esters is 1. The molecule has 3 heterocycles. The molecule has 100 valence electrons. The summed E-state index contributed by atoms with van der Waals surface area (Å²) in [6, 6.07) is 3.72. The van der Waals surface area contributed by atoms with Gasteiger partial charge in [-0.05, 0) is 12.1 Å². The Balaban J connectivity index is 1.55. The number of rotatable bonds is 5. The monoisotopic (exact) mass is 297 g/mol. The smallest absolute Gasteiger partial charge is 0.319 e. The van der Waals surface area contributed by atoms with Crippen molar-refractivity contribution in [2.45, 2.75) is 22.6 Å². The molecular formula is C11H11N3O3S2. The van der Waals surface area contributed by atoms with Gasteiger partial charge in [-0.3, -0.25) is 4.79 Å². The topological polar surface area (TPSA) is 77.2 Å². The Morgan fingerprint density at radius 3 is 3.21 bits per heavy atom. The number of hydrogen-bond acceptors (Lipinski definition) is 8. The summed E-state index contributed by atoms with van der Waals surface area (Å²) in [6.45, 7) is 1.07. The van der Waals surface area contributed by atoms with Crippen LogP contribution in [0.4, 0.5) is 5.13 Å². The van der Waals surface area contributed by atoms with E-state index in [1.54, 1.807) is 6.26 Å². The number of carbonyl (C=O) groups is 1. The van der Waals surface area contributed by atoms with Gasteiger partial charge in [-0.15, -0.1) is 10.2 Å². The van der Waals surface area contributed by atoms with Gasteiger partial charge < -0.3 is 14.5 Å². The van der Waals surface area contributed by atoms with Crippen molar-refractivity contribution in [2.75, 3.05) is 11.9 Å². The first-order chi connectivity index (χ1) is 9.31. The Morgan fingerprint density at radius 1 is 1.53 bits per heavy atom. The lowest BCUT2D eigenvalue weighted by Crippen LogP contribution is -2.08. The highest BCUT2D eigenvalue weighted by Crippen LogP contribution is 2.33. The molecule has 0 radical (unpaired) electrons. The van der Waals surface area contributed by atoms with E-state index in [2.05, 4.69) is 15.5 Å². The third-order valence-corrected chi connectivity index (χ3v) is 4.74. The molecule has 2 aromatic rings. The van der Waals surface area contributed by atoms with Crippen LogP contribution in [0.2, 0.25) is 0 Å². The minimum atomic E-state index is -0.162. The van der Waals surface area contributed by atoms with Crippen molar-refractivity contribution >= 4 is 34.2 Å². The summed E-state index contributed by atoms with van der Waals surface area (Å²) in [5.74, 6) is 0.675. The van der Waals surface area contributed by atoms with E-state index in [1.165, 1.54) is 23.1 Å². The SMILES string of the molecule is O=C1OCCC1Sc1nnc(NCc2ccco2)s1. The number of hydrogen-bond donors (Lipinski definition) is 1. The van der Waals surface area contributed by atoms with E-state index in [9.17, 15) is 4.79 Å². The first-order valence-electron chi connectivity index (χ1n) is 5.74. The maximum atomic E-state index is 11.4. The fraction of sp³-hybridized carbons (Fsp3) is 0.364. The molecule has 0 aromatic carbocycles. The second-order valence-corrected chi connectivity index (χ2v) is 6.30. The molecule has 0 amide bonds. The summed E-state index contributed by atoms with van der Waals surface area (Å²) in [4.78, 5) is 11.4. The normalized spacial score (nSPS) is 18.5. The van der Waals surface area contributed by atoms with Crippen molar-refractivity contribution < 1.29 is 13.9 Å². The summed E-state index contributed by atoms with van der Waals surface area (Å²) in [5.41, 5.74) is 0. The van der Waals surface area contributed by atoms with Crippen LogP contribution in [0.15, 0.2) is 27.2 Å². The van der Waals surface area contributed by atoms with Crippen molar-refractivity contribution in [3.05, 3.63) is 24.2 Å². The average Bonchev–Trinajstić information content (AvgIpc) is 3.12. The third-order valence-electron chi connectivity index (χ3n) is 2.53. The average molecular weight is 297 g/mol. The minimum absolute atomic E-state index is 0.147. The lowest BCUT2D eigenvalue weighted by Gasteiger charge is -1.99. The molecule has 19 heavy (non-hydrogen) atoms. The number of anilines is 1. The second-order valence-electron chi connectivity index (χ2n) is 3.87. The van der Waals surface area contributed by atoms with Crippen molar-refractivity contribution in [3.63, 3.8) is 0 Å². The maximum Gasteiger partial charge on any atom is 0.319 e. The molecule has 1 atom stereocenters. The van der Waals surface area contributed by atoms with Gasteiger partial charge in [0.05, 0.1) is 19.4 Å². The number of furan rings is 1. The second kappa shape index (κ2) is 5.62. The van der Waals surface area contributed by atoms with Crippen LogP contribution < -0.4 is 5.32 Å². The number of carbonyl (C=O) groups excluding carboxylic acids is 1. The quantitative estimate of drug-likeness (QED) is 0.847. The molecule has 0 aliphatic carbocycles. The van der Waals surface area contributed by atoms with Crippen LogP contribution in [-0.2, 0) is 16.1 Å². The van der Waals surface area contributed by atoms with Crippen LogP contribution >= 0.6 is 23.1 Å². The molecule has 2 aromatic heterocycles. The zero-order valence-corrected chi connectivity index (χ0v) is 11.5. The molecule has 0 saturated carbocycles. The van der Waals surface area contributed by atoms with Crippen LogP contribution in [0, 0.1) is 0 Å². The number of cyclic esters (lactones) is 1. The van der Waals surface area contributed by atoms with E-state index >= 15 is 0 Å². The van der Waals surface area contributed by atoms with Gasteiger partial charge in [0.1, 0.15) is 11.0 Å². The number of nitrogens with one attached hydrogen (secondary N) is 1. The first kappa shape index (κ1) is 12.5. The van der Waals surface area contributed by atoms with Crippen LogP contribution in [0.25, 0.3) is 0 Å². The van der Waals surface area contributed by atoms with Crippen molar-refractivity contribution in [1.29, 1.82) is 0 Å². The molecule has 1 N–H and O–H groups in total. The molecule has 1 aliphatic rings. The van der Waals surface area contributed by atoms with Gasteiger partial charge >= 0.3 is 5.97 Å². The van der Waals surface area contributed by atoms with E-state index in [-0.39, 0.29) is 11.2 Å². The first-order valence-corrected chi connectivity index (χ1v) is 7.44. The Bertz CT molecular complexity index is 555. The number of ether oxygens (including phenoxy) is 1. The Kier molecular flexibility index (Phi) is 3.69. The Morgan fingerprint density at radius 2 is 2.47 bits per heavy atom. The molecule has 3 rings (SSSR count). The predicted molar refractivity (Wildman–Crippen MR) is 71.2 cm³/mol. The molecule has 1 unspecified atom stereocenters. The maximum absolute atomic E-state index is 11.4. The zero-order chi connectivity index (χ0) is 13.1. The van der Waals surface area contributed by atoms with E-state index < -0.39 is 0 Å². The van der Waals surface area contributed by atoms with Crippen LogP contribution in [0.3, 0.4) is 0 Å². The van der Waals surface area contributed by atoms with Gasteiger partial charge in [0, 0.05) is 6.42 Å². The summed E-state index contributed by atoms with van der Waals surface area (Å²) in [7, 11) is 0. The molecule has 1 fully saturated rings. The highest BCUT2D eigenvalue weighted by molar-refractivity contribution is 8.02. The van der Waals surface area contributed by atoms with Gasteiger partial charge in [-0.1, -0.05) is 23.1 Å². The molecule has 0 bridgehead atoms. The molecule has 1 saturated heterocycles. The van der Waals surface area contributed by atoms with E-state index in [0.717, 1.165) is 16.5 Å². The Hall–Kier alpha value is -1.54. The number of nitrogens with zero attached hydrogens (tertiary/aromatic N) is 2. The summed E-state index contributed by atoms with van der Waals surface area (Å²) < 4.78 is 10.9. The highest BCUT2D eigenvalue weighted by Gasteiger charge is 2.28. The summed E-state index contributed by atoms with van der Waals surface area (Å²) in [5, 5.41) is 11.8. The lowest BCUT2D eigenvalue weighted by molar-refractivity contribution is -0.137. The van der Waals surface area contributed by atoms with E-state index in [4.69, 9.17) is 9.15 Å². The number of aromatic nitrogens is 2. The minimum Gasteiger partial charge on any atom is -0.467 e. The lowest BCUT2D eigenvalue weighted by atomic mass is 10.4. The molecule has 0 spiro atoms. The Labute approximate surface area is 117 Å². The molecule has 6 nitrogen and oxygen atoms in total. The van der Waals surface area contributed by atoms with Gasteiger partial charge in [0.25, 0.3) is 0 Å². The highest BCUT2D eigenvalue weighted by atomic mass is 32.2. The van der Waals surface area contributed by atoms with E-state index in [1.807, 2.05) is 12.1 Å². The molecule has 8 heteroatoms. The summed E-state index contributed by atoms with van der Waals surface area (Å²) in [6.07, 6.45) is 2.36. The van der Waals surface area contributed by atoms with Crippen molar-refractivity contribution in [3.8, 4) is 0 Å². The molecular weight excluding hydrogens is 286 g/mol. The van der Waals surface area contributed by atoms with E-state index in [0.29, 0.717) is 18.3 Å². The fourth-order valence-electron chi connectivity index (χ4n) is 1.61. The van der Waals surface area contributed by atoms with Crippen LogP contribution in [-0.4, -0.2) is 28.0 Å². The van der Waals surface area contributed by atoms with Gasteiger partial charge in [-0.2, -0.15) is 0 Å². The standard InChI is InChI=1S/C11H11N3O3S2/c15-9-8(3-5-17-9)18-11-14-13-10(19-11)12-6-7-2-1-4-16-7/h1-2,4,8H,3,5-6H2,(H,12,13). The van der Waals surface area contributed by atoms with Crippen molar-refractivity contribution in [1.82, 2.24) is 10.2 Å². The van der Waals surface area contributed by atoms with Gasteiger partial charge in [0.15, 0.2) is 4.34 Å². The number of thioether (sulfide) groups is 1. The third kappa shape index (κ3) is 3.07. The van der Waals surface area contributed by atoms with Crippen LogP contribution in [0.1, 0.15) is 12.2 Å². The zero-order valence-electron chi connectivity index (χ0n) is 9.87.